The van der Waals surface area contributed by atoms with E-state index < -0.39 is 5.54 Å². The zero-order chi connectivity index (χ0) is 14.8. The molecule has 1 aromatic rings. The first-order valence-corrected chi connectivity index (χ1v) is 8.30. The fraction of sp³-hybridized carbons (Fsp3) is 0.562. The molecule has 2 unspecified atom stereocenters. The zero-order valence-corrected chi connectivity index (χ0v) is 14.3. The zero-order valence-electron chi connectivity index (χ0n) is 11.9. The predicted molar refractivity (Wildman–Crippen MR) is 87.9 cm³/mol. The van der Waals surface area contributed by atoms with Gasteiger partial charge in [0.25, 0.3) is 0 Å². The molecule has 2 rings (SSSR count). The minimum atomic E-state index is -0.459. The van der Waals surface area contributed by atoms with Crippen LogP contribution in [0.15, 0.2) is 22.7 Å². The number of halogens is 2. The van der Waals surface area contributed by atoms with Gasteiger partial charge in [-0.1, -0.05) is 38.3 Å². The normalized spacial score (nSPS) is 26.3. The molecule has 0 bridgehead atoms. The molecule has 0 amide bonds. The minimum Gasteiger partial charge on any atom is -0.367 e. The molecule has 0 heterocycles. The summed E-state index contributed by atoms with van der Waals surface area (Å²) in [5, 5.41) is 14.0. The maximum atomic E-state index is 9.80. The van der Waals surface area contributed by atoms with Crippen molar-refractivity contribution < 1.29 is 0 Å². The monoisotopic (exact) mass is 354 g/mol. The van der Waals surface area contributed by atoms with Crippen LogP contribution in [0.4, 0.5) is 5.69 Å². The maximum Gasteiger partial charge on any atom is 0.128 e. The number of benzene rings is 1. The largest absolute Gasteiger partial charge is 0.367 e. The Kier molecular flexibility index (Phi) is 4.99. The second-order valence-electron chi connectivity index (χ2n) is 5.93. The quantitative estimate of drug-likeness (QED) is 0.763. The van der Waals surface area contributed by atoms with Gasteiger partial charge >= 0.3 is 0 Å². The van der Waals surface area contributed by atoms with Crippen molar-refractivity contribution >= 4 is 33.2 Å². The Bertz CT molecular complexity index is 524. The Morgan fingerprint density at radius 2 is 2.20 bits per heavy atom. The Hall–Kier alpha value is -0.720. The molecule has 1 aliphatic carbocycles. The van der Waals surface area contributed by atoms with E-state index >= 15 is 0 Å². The third kappa shape index (κ3) is 3.13. The Labute approximate surface area is 134 Å². The Morgan fingerprint density at radius 3 is 2.80 bits per heavy atom. The van der Waals surface area contributed by atoms with Gasteiger partial charge in [-0.3, -0.25) is 0 Å². The van der Waals surface area contributed by atoms with E-state index in [0.717, 1.165) is 29.4 Å². The van der Waals surface area contributed by atoms with E-state index in [1.807, 2.05) is 18.2 Å². The standard InChI is InChI=1S/C16H20BrClN2/c1-11(2)13-5-3-4-8-16(13,10-19)20-12-6-7-15(18)14(17)9-12/h6-7,9,11,13,20H,3-5,8H2,1-2H3. The molecule has 108 valence electrons. The van der Waals surface area contributed by atoms with Crippen LogP contribution in [0, 0.1) is 23.2 Å². The van der Waals surface area contributed by atoms with Crippen LogP contribution in [-0.4, -0.2) is 5.54 Å². The highest BCUT2D eigenvalue weighted by molar-refractivity contribution is 9.10. The first-order chi connectivity index (χ1) is 9.48. The van der Waals surface area contributed by atoms with E-state index in [2.05, 4.69) is 41.2 Å². The Morgan fingerprint density at radius 1 is 1.45 bits per heavy atom. The van der Waals surface area contributed by atoms with Crippen LogP contribution >= 0.6 is 27.5 Å². The van der Waals surface area contributed by atoms with Crippen LogP contribution in [0.5, 0.6) is 0 Å². The predicted octanol–water partition coefficient (Wildman–Crippen LogP) is 5.62. The van der Waals surface area contributed by atoms with E-state index in [1.54, 1.807) is 0 Å². The molecule has 2 atom stereocenters. The molecule has 2 nitrogen and oxygen atoms in total. The maximum absolute atomic E-state index is 9.80. The van der Waals surface area contributed by atoms with Crippen molar-refractivity contribution in [3.63, 3.8) is 0 Å². The van der Waals surface area contributed by atoms with Crippen LogP contribution in [0.2, 0.25) is 5.02 Å². The van der Waals surface area contributed by atoms with Crippen molar-refractivity contribution in [2.75, 3.05) is 5.32 Å². The van der Waals surface area contributed by atoms with Gasteiger partial charge in [-0.05, 0) is 58.8 Å². The molecular weight excluding hydrogens is 336 g/mol. The first kappa shape index (κ1) is 15.7. The molecule has 1 aromatic carbocycles. The highest BCUT2D eigenvalue weighted by Crippen LogP contribution is 2.41. The third-order valence-electron chi connectivity index (χ3n) is 4.26. The number of hydrogen-bond acceptors (Lipinski definition) is 2. The lowest BCUT2D eigenvalue weighted by molar-refractivity contribution is 0.205. The fourth-order valence-corrected chi connectivity index (χ4v) is 3.75. The first-order valence-electron chi connectivity index (χ1n) is 7.13. The average Bonchev–Trinajstić information content (AvgIpc) is 2.43. The topological polar surface area (TPSA) is 35.8 Å². The van der Waals surface area contributed by atoms with Gasteiger partial charge in [0.1, 0.15) is 5.54 Å². The minimum absolute atomic E-state index is 0.385. The molecular formula is C16H20BrClN2. The van der Waals surface area contributed by atoms with Crippen LogP contribution in [0.3, 0.4) is 0 Å². The molecule has 0 spiro atoms. The molecule has 0 saturated heterocycles. The second-order valence-corrected chi connectivity index (χ2v) is 7.19. The van der Waals surface area contributed by atoms with Gasteiger partial charge in [0, 0.05) is 10.2 Å². The van der Waals surface area contributed by atoms with E-state index in [1.165, 1.54) is 6.42 Å². The molecule has 20 heavy (non-hydrogen) atoms. The lowest BCUT2D eigenvalue weighted by Gasteiger charge is -2.42. The molecule has 0 aliphatic heterocycles. The van der Waals surface area contributed by atoms with E-state index in [4.69, 9.17) is 11.6 Å². The van der Waals surface area contributed by atoms with E-state index in [-0.39, 0.29) is 0 Å². The number of nitrogens with zero attached hydrogens (tertiary/aromatic N) is 1. The number of nitrogens with one attached hydrogen (secondary N) is 1. The molecule has 0 radical (unpaired) electrons. The average molecular weight is 356 g/mol. The highest BCUT2D eigenvalue weighted by atomic mass is 79.9. The Balaban J connectivity index is 2.30. The summed E-state index contributed by atoms with van der Waals surface area (Å²) in [4.78, 5) is 0. The SMILES string of the molecule is CC(C)C1CCCCC1(C#N)Nc1ccc(Cl)c(Br)c1. The highest BCUT2D eigenvalue weighted by Gasteiger charge is 2.42. The summed E-state index contributed by atoms with van der Waals surface area (Å²) in [5.74, 6) is 0.883. The molecule has 4 heteroatoms. The van der Waals surface area contributed by atoms with E-state index in [0.29, 0.717) is 16.9 Å². The third-order valence-corrected chi connectivity index (χ3v) is 5.47. The number of rotatable bonds is 3. The van der Waals surface area contributed by atoms with Crippen molar-refractivity contribution in [2.45, 2.75) is 45.1 Å². The fourth-order valence-electron chi connectivity index (χ4n) is 3.26. The van der Waals surface area contributed by atoms with Gasteiger partial charge in [0.2, 0.25) is 0 Å². The van der Waals surface area contributed by atoms with Crippen molar-refractivity contribution in [3.05, 3.63) is 27.7 Å². The molecule has 1 N–H and O–H groups in total. The second kappa shape index (κ2) is 6.37. The number of anilines is 1. The lowest BCUT2D eigenvalue weighted by Crippen LogP contribution is -2.48. The van der Waals surface area contributed by atoms with Crippen molar-refractivity contribution in [1.29, 1.82) is 5.26 Å². The summed E-state index contributed by atoms with van der Waals surface area (Å²) in [6, 6.07) is 8.32. The lowest BCUT2D eigenvalue weighted by atomic mass is 9.68. The molecule has 1 fully saturated rings. The van der Waals surface area contributed by atoms with Crippen LogP contribution in [0.25, 0.3) is 0 Å². The summed E-state index contributed by atoms with van der Waals surface area (Å²) in [6.45, 7) is 4.42. The van der Waals surface area contributed by atoms with E-state index in [9.17, 15) is 5.26 Å². The van der Waals surface area contributed by atoms with Gasteiger partial charge in [-0.2, -0.15) is 5.26 Å². The van der Waals surface area contributed by atoms with Gasteiger partial charge in [-0.25, -0.2) is 0 Å². The van der Waals surface area contributed by atoms with Crippen molar-refractivity contribution in [1.82, 2.24) is 0 Å². The molecule has 1 aliphatic rings. The summed E-state index contributed by atoms with van der Waals surface area (Å²) < 4.78 is 0.856. The molecule has 0 aromatic heterocycles. The van der Waals surface area contributed by atoms with Crippen LogP contribution in [-0.2, 0) is 0 Å². The number of hydrogen-bond donors (Lipinski definition) is 1. The smallest absolute Gasteiger partial charge is 0.128 e. The van der Waals surface area contributed by atoms with Gasteiger partial charge in [-0.15, -0.1) is 0 Å². The van der Waals surface area contributed by atoms with Crippen LogP contribution < -0.4 is 5.32 Å². The van der Waals surface area contributed by atoms with Crippen molar-refractivity contribution in [2.24, 2.45) is 11.8 Å². The summed E-state index contributed by atoms with van der Waals surface area (Å²) in [7, 11) is 0. The van der Waals surface area contributed by atoms with Gasteiger partial charge in [0.05, 0.1) is 11.1 Å². The summed E-state index contributed by atoms with van der Waals surface area (Å²) >= 11 is 9.47. The summed E-state index contributed by atoms with van der Waals surface area (Å²) in [5.41, 5.74) is 0.495. The van der Waals surface area contributed by atoms with Gasteiger partial charge < -0.3 is 5.32 Å². The van der Waals surface area contributed by atoms with Gasteiger partial charge in [0.15, 0.2) is 0 Å². The van der Waals surface area contributed by atoms with Crippen molar-refractivity contribution in [3.8, 4) is 6.07 Å². The van der Waals surface area contributed by atoms with Crippen LogP contribution in [0.1, 0.15) is 39.5 Å². The molecule has 1 saturated carbocycles. The number of nitriles is 1. The summed E-state index contributed by atoms with van der Waals surface area (Å²) in [6.07, 6.45) is 4.36.